The van der Waals surface area contributed by atoms with Gasteiger partial charge >= 0.3 is 0 Å². The van der Waals surface area contributed by atoms with Gasteiger partial charge in [-0.3, -0.25) is 14.9 Å². The first-order valence-corrected chi connectivity index (χ1v) is 5.91. The average Bonchev–Trinajstić information content (AvgIpc) is 2.67. The Morgan fingerprint density at radius 1 is 1.33 bits per heavy atom. The summed E-state index contributed by atoms with van der Waals surface area (Å²) in [6, 6.07) is 3.19. The minimum absolute atomic E-state index is 0.0555. The van der Waals surface area contributed by atoms with Crippen LogP contribution in [0.4, 0.5) is 5.69 Å². The Hall–Kier alpha value is -1.91. The van der Waals surface area contributed by atoms with Crippen LogP contribution in [0.3, 0.4) is 0 Å². The van der Waals surface area contributed by atoms with E-state index in [1.54, 1.807) is 13.0 Å². The van der Waals surface area contributed by atoms with E-state index >= 15 is 0 Å². The highest BCUT2D eigenvalue weighted by molar-refractivity contribution is 5.81. The van der Waals surface area contributed by atoms with E-state index in [2.05, 4.69) is 0 Å². The van der Waals surface area contributed by atoms with Crippen molar-refractivity contribution < 1.29 is 14.5 Å². The molecule has 1 fully saturated rings. The molecule has 1 aromatic rings. The van der Waals surface area contributed by atoms with Crippen molar-refractivity contribution in [3.8, 4) is 5.75 Å². The fourth-order valence-corrected chi connectivity index (χ4v) is 2.21. The molecule has 0 heterocycles. The summed E-state index contributed by atoms with van der Waals surface area (Å²) in [4.78, 5) is 21.6. The molecule has 2 rings (SSSR count). The van der Waals surface area contributed by atoms with Crippen molar-refractivity contribution in [2.75, 3.05) is 0 Å². The number of nitro benzene ring substituents is 1. The minimum atomic E-state index is -0.415. The van der Waals surface area contributed by atoms with Crippen molar-refractivity contribution in [1.82, 2.24) is 0 Å². The fourth-order valence-electron chi connectivity index (χ4n) is 2.21. The largest absolute Gasteiger partial charge is 0.489 e. The topological polar surface area (TPSA) is 69.4 Å². The smallest absolute Gasteiger partial charge is 0.276 e. The van der Waals surface area contributed by atoms with Crippen LogP contribution in [0.15, 0.2) is 12.1 Å². The van der Waals surface area contributed by atoms with E-state index in [9.17, 15) is 14.9 Å². The number of benzene rings is 1. The lowest BCUT2D eigenvalue weighted by molar-refractivity contribution is -0.385. The highest BCUT2D eigenvalue weighted by Crippen LogP contribution is 2.30. The number of hydrogen-bond donors (Lipinski definition) is 0. The molecule has 0 spiro atoms. The lowest BCUT2D eigenvalue weighted by Crippen LogP contribution is -2.13. The molecule has 1 atom stereocenters. The molecule has 0 aliphatic heterocycles. The van der Waals surface area contributed by atoms with Crippen molar-refractivity contribution in [2.24, 2.45) is 0 Å². The Morgan fingerprint density at radius 3 is 2.61 bits per heavy atom. The number of hydrogen-bond acceptors (Lipinski definition) is 4. The third-order valence-corrected chi connectivity index (χ3v) is 3.18. The molecule has 0 saturated heterocycles. The normalized spacial score (nSPS) is 19.0. The monoisotopic (exact) mass is 249 g/mol. The first-order chi connectivity index (χ1) is 8.47. The minimum Gasteiger partial charge on any atom is -0.489 e. The van der Waals surface area contributed by atoms with Gasteiger partial charge in [-0.1, -0.05) is 0 Å². The van der Waals surface area contributed by atoms with Gasteiger partial charge in [-0.15, -0.1) is 0 Å². The molecule has 18 heavy (non-hydrogen) atoms. The SMILES string of the molecule is Cc1cc(C)c([N+](=O)[O-])cc1OC1CCC(=O)C1. The van der Waals surface area contributed by atoms with Crippen molar-refractivity contribution >= 4 is 11.5 Å². The van der Waals surface area contributed by atoms with E-state index in [1.165, 1.54) is 6.07 Å². The summed E-state index contributed by atoms with van der Waals surface area (Å²) >= 11 is 0. The maximum absolute atomic E-state index is 11.2. The predicted octanol–water partition coefficient (Wildman–Crippen LogP) is 2.71. The van der Waals surface area contributed by atoms with Crippen LogP contribution in [-0.2, 0) is 4.79 Å². The second-order valence-corrected chi connectivity index (χ2v) is 4.68. The van der Waals surface area contributed by atoms with Crippen LogP contribution in [-0.4, -0.2) is 16.8 Å². The van der Waals surface area contributed by atoms with E-state index in [4.69, 9.17) is 4.74 Å². The highest BCUT2D eigenvalue weighted by atomic mass is 16.6. The summed E-state index contributed by atoms with van der Waals surface area (Å²) in [5, 5.41) is 10.9. The van der Waals surface area contributed by atoms with Crippen LogP contribution in [0, 0.1) is 24.0 Å². The number of nitrogens with zero attached hydrogens (tertiary/aromatic N) is 1. The lowest BCUT2D eigenvalue weighted by Gasteiger charge is -2.15. The Bertz CT molecular complexity index is 510. The molecule has 5 heteroatoms. The number of ketones is 1. The molecule has 0 aromatic heterocycles. The summed E-state index contributed by atoms with van der Waals surface area (Å²) in [7, 11) is 0. The maximum Gasteiger partial charge on any atom is 0.276 e. The van der Waals surface area contributed by atoms with Crippen LogP contribution >= 0.6 is 0 Å². The number of carbonyl (C=O) groups is 1. The fraction of sp³-hybridized carbons (Fsp3) is 0.462. The summed E-state index contributed by atoms with van der Waals surface area (Å²) in [5.41, 5.74) is 1.53. The van der Waals surface area contributed by atoms with Gasteiger partial charge < -0.3 is 4.74 Å². The van der Waals surface area contributed by atoms with Crippen LogP contribution in [0.25, 0.3) is 0 Å². The van der Waals surface area contributed by atoms with Gasteiger partial charge in [-0.2, -0.15) is 0 Å². The Kier molecular flexibility index (Phi) is 3.32. The zero-order chi connectivity index (χ0) is 13.3. The van der Waals surface area contributed by atoms with Crippen molar-refractivity contribution in [2.45, 2.75) is 39.2 Å². The number of Topliss-reactive ketones (excluding diaryl/α,β-unsaturated/α-hetero) is 1. The van der Waals surface area contributed by atoms with Crippen LogP contribution in [0.1, 0.15) is 30.4 Å². The highest BCUT2D eigenvalue weighted by Gasteiger charge is 2.25. The third kappa shape index (κ3) is 2.50. The van der Waals surface area contributed by atoms with Gasteiger partial charge in [-0.05, 0) is 31.9 Å². The summed E-state index contributed by atoms with van der Waals surface area (Å²) in [6.07, 6.45) is 1.50. The molecular weight excluding hydrogens is 234 g/mol. The number of rotatable bonds is 3. The summed E-state index contributed by atoms with van der Waals surface area (Å²) in [5.74, 6) is 0.700. The lowest BCUT2D eigenvalue weighted by atomic mass is 10.1. The second-order valence-electron chi connectivity index (χ2n) is 4.68. The molecular formula is C13H15NO4. The molecule has 5 nitrogen and oxygen atoms in total. The molecule has 96 valence electrons. The Labute approximate surface area is 105 Å². The van der Waals surface area contributed by atoms with E-state index in [-0.39, 0.29) is 17.6 Å². The van der Waals surface area contributed by atoms with E-state index < -0.39 is 4.92 Å². The Balaban J connectivity index is 2.24. The van der Waals surface area contributed by atoms with Crippen molar-refractivity contribution in [3.63, 3.8) is 0 Å². The number of carbonyl (C=O) groups excluding carboxylic acids is 1. The van der Waals surface area contributed by atoms with Crippen molar-refractivity contribution in [1.29, 1.82) is 0 Å². The van der Waals surface area contributed by atoms with Crippen LogP contribution in [0.2, 0.25) is 0 Å². The zero-order valence-electron chi connectivity index (χ0n) is 10.4. The van der Waals surface area contributed by atoms with Gasteiger partial charge in [0.05, 0.1) is 11.0 Å². The van der Waals surface area contributed by atoms with Crippen LogP contribution in [0.5, 0.6) is 5.75 Å². The Morgan fingerprint density at radius 2 is 2.06 bits per heavy atom. The molecule has 1 saturated carbocycles. The number of nitro groups is 1. The average molecular weight is 249 g/mol. The van der Waals surface area contributed by atoms with Gasteiger partial charge in [0, 0.05) is 18.4 Å². The molecule has 1 unspecified atom stereocenters. The first-order valence-electron chi connectivity index (χ1n) is 5.91. The molecule has 0 radical (unpaired) electrons. The van der Waals surface area contributed by atoms with Gasteiger partial charge in [0.2, 0.25) is 0 Å². The molecule has 0 bridgehead atoms. The van der Waals surface area contributed by atoms with E-state index in [1.807, 2.05) is 6.92 Å². The number of aryl methyl sites for hydroxylation is 2. The van der Waals surface area contributed by atoms with Crippen LogP contribution < -0.4 is 4.74 Å². The summed E-state index contributed by atoms with van der Waals surface area (Å²) in [6.45, 7) is 3.55. The first kappa shape index (κ1) is 12.5. The molecule has 1 aliphatic carbocycles. The van der Waals surface area contributed by atoms with E-state index in [0.717, 1.165) is 5.56 Å². The molecule has 0 amide bonds. The molecule has 0 N–H and O–H groups in total. The van der Waals surface area contributed by atoms with Gasteiger partial charge in [0.15, 0.2) is 0 Å². The standard InChI is InChI=1S/C13H15NO4/c1-8-5-9(2)13(7-12(8)14(16)17)18-11-4-3-10(15)6-11/h5,7,11H,3-4,6H2,1-2H3. The van der Waals surface area contributed by atoms with Gasteiger partial charge in [0.25, 0.3) is 5.69 Å². The zero-order valence-corrected chi connectivity index (χ0v) is 10.4. The molecule has 1 aliphatic rings. The quantitative estimate of drug-likeness (QED) is 0.610. The summed E-state index contributed by atoms with van der Waals surface area (Å²) < 4.78 is 5.70. The van der Waals surface area contributed by atoms with Crippen molar-refractivity contribution in [3.05, 3.63) is 33.4 Å². The second kappa shape index (κ2) is 4.76. The predicted molar refractivity (Wildman–Crippen MR) is 65.8 cm³/mol. The number of ether oxygens (including phenoxy) is 1. The molecule has 1 aromatic carbocycles. The van der Waals surface area contributed by atoms with Gasteiger partial charge in [-0.25, -0.2) is 0 Å². The van der Waals surface area contributed by atoms with E-state index in [0.29, 0.717) is 30.6 Å². The third-order valence-electron chi connectivity index (χ3n) is 3.18. The maximum atomic E-state index is 11.2. The van der Waals surface area contributed by atoms with Gasteiger partial charge in [0.1, 0.15) is 17.6 Å².